The molecular weight excluding hydrogens is 391 g/mol. The van der Waals surface area contributed by atoms with Crippen LogP contribution in [0.4, 0.5) is 14.9 Å². The topological polar surface area (TPSA) is 109 Å². The average molecular weight is 412 g/mol. The van der Waals surface area contributed by atoms with Gasteiger partial charge in [0, 0.05) is 18.1 Å². The molecule has 1 aliphatic heterocycles. The molecule has 0 bridgehead atoms. The van der Waals surface area contributed by atoms with Crippen molar-refractivity contribution in [1.29, 1.82) is 5.26 Å². The van der Waals surface area contributed by atoms with Crippen molar-refractivity contribution in [3.8, 4) is 22.9 Å². The molecule has 0 atom stereocenters. The number of fused-ring (bicyclic) bond motifs is 3. The number of nitriles is 1. The zero-order valence-electron chi connectivity index (χ0n) is 16.8. The van der Waals surface area contributed by atoms with E-state index in [0.29, 0.717) is 28.0 Å². The van der Waals surface area contributed by atoms with Gasteiger partial charge in [-0.3, -0.25) is 10.1 Å². The fourth-order valence-electron chi connectivity index (χ4n) is 3.15. The van der Waals surface area contributed by atoms with Crippen molar-refractivity contribution in [1.82, 2.24) is 0 Å². The van der Waals surface area contributed by atoms with Gasteiger partial charge in [0.25, 0.3) is 0 Å². The molecule has 8 heteroatoms. The molecule has 0 unspecified atom stereocenters. The van der Waals surface area contributed by atoms with Gasteiger partial charge in [-0.15, -0.1) is 0 Å². The van der Waals surface area contributed by atoms with Gasteiger partial charge in [0.2, 0.25) is 0 Å². The summed E-state index contributed by atoms with van der Waals surface area (Å²) in [5.41, 5.74) is 1.76. The second-order valence-corrected chi connectivity index (χ2v) is 7.92. The van der Waals surface area contributed by atoms with E-state index in [1.807, 2.05) is 6.07 Å². The number of nitrogens with zero attached hydrogens (tertiary/aromatic N) is 1. The maximum absolute atomic E-state index is 14.6. The lowest BCUT2D eigenvalue weighted by Gasteiger charge is -2.24. The lowest BCUT2D eigenvalue weighted by Crippen LogP contribution is -2.27. The minimum atomic E-state index is -1.00. The van der Waals surface area contributed by atoms with Crippen molar-refractivity contribution in [2.24, 2.45) is 0 Å². The zero-order valence-corrected chi connectivity index (χ0v) is 16.8. The van der Waals surface area contributed by atoms with E-state index in [1.54, 1.807) is 32.9 Å². The number of hydrogen-bond acceptors (Lipinski definition) is 5. The van der Waals surface area contributed by atoms with Crippen molar-refractivity contribution in [3.63, 3.8) is 0 Å². The van der Waals surface area contributed by atoms with Gasteiger partial charge < -0.3 is 14.6 Å². The van der Waals surface area contributed by atoms with Gasteiger partial charge in [0.15, 0.2) is 0 Å². The Morgan fingerprint density at radius 3 is 2.63 bits per heavy atom. The molecule has 1 heterocycles. The smallest absolute Gasteiger partial charge is 0.412 e. The standard InChI is InChI=1S/C22H21FN2O5/c1-22(2,3)30-21(28)25-18-9-16-15-8-17(23)12(4-5-20(26)27)6-14(15)11-29-19(16)7-13(18)10-24/h6-9H,4-5,11H2,1-3H3,(H,25,28)(H,26,27). The van der Waals surface area contributed by atoms with E-state index < -0.39 is 23.5 Å². The van der Waals surface area contributed by atoms with E-state index in [4.69, 9.17) is 14.6 Å². The van der Waals surface area contributed by atoms with Crippen molar-refractivity contribution in [2.75, 3.05) is 5.32 Å². The summed E-state index contributed by atoms with van der Waals surface area (Å²) >= 11 is 0. The number of halogens is 1. The third-order valence-corrected chi connectivity index (χ3v) is 4.43. The molecule has 0 saturated carbocycles. The predicted octanol–water partition coefficient (Wildman–Crippen LogP) is 4.62. The van der Waals surface area contributed by atoms with E-state index in [9.17, 15) is 19.2 Å². The number of aliphatic carboxylic acids is 1. The number of carbonyl (C=O) groups is 2. The van der Waals surface area contributed by atoms with Crippen LogP contribution in [0.25, 0.3) is 11.1 Å². The van der Waals surface area contributed by atoms with E-state index in [0.717, 1.165) is 0 Å². The second-order valence-electron chi connectivity index (χ2n) is 7.92. The maximum atomic E-state index is 14.6. The first-order chi connectivity index (χ1) is 14.1. The summed E-state index contributed by atoms with van der Waals surface area (Å²) in [6, 6.07) is 7.96. The largest absolute Gasteiger partial charge is 0.488 e. The first-order valence-corrected chi connectivity index (χ1v) is 9.32. The number of amides is 1. The van der Waals surface area contributed by atoms with Crippen LogP contribution >= 0.6 is 0 Å². The van der Waals surface area contributed by atoms with Gasteiger partial charge in [0.05, 0.1) is 11.3 Å². The quantitative estimate of drug-likeness (QED) is 0.758. The highest BCUT2D eigenvalue weighted by Gasteiger charge is 2.24. The Labute approximate surface area is 173 Å². The normalized spacial score (nSPS) is 12.1. The van der Waals surface area contributed by atoms with Gasteiger partial charge in [0.1, 0.15) is 29.8 Å². The average Bonchev–Trinajstić information content (AvgIpc) is 2.64. The molecule has 156 valence electrons. The Morgan fingerprint density at radius 2 is 2.00 bits per heavy atom. The van der Waals surface area contributed by atoms with Crippen LogP contribution in [-0.4, -0.2) is 22.8 Å². The van der Waals surface area contributed by atoms with Gasteiger partial charge in [-0.2, -0.15) is 5.26 Å². The molecule has 0 saturated heterocycles. The molecule has 7 nitrogen and oxygen atoms in total. The van der Waals surface area contributed by atoms with Crippen LogP contribution in [0.2, 0.25) is 0 Å². The van der Waals surface area contributed by atoms with Crippen molar-refractivity contribution >= 4 is 17.7 Å². The third kappa shape index (κ3) is 4.69. The number of ether oxygens (including phenoxy) is 2. The van der Waals surface area contributed by atoms with E-state index in [2.05, 4.69) is 5.32 Å². The van der Waals surface area contributed by atoms with Crippen molar-refractivity contribution in [3.05, 3.63) is 46.8 Å². The number of benzene rings is 2. The van der Waals surface area contributed by atoms with Crippen molar-refractivity contribution in [2.45, 2.75) is 45.8 Å². The minimum absolute atomic E-state index is 0.0696. The first-order valence-electron chi connectivity index (χ1n) is 9.32. The Kier molecular flexibility index (Phi) is 5.65. The second kappa shape index (κ2) is 8.03. The number of rotatable bonds is 4. The predicted molar refractivity (Wildman–Crippen MR) is 107 cm³/mol. The molecule has 0 fully saturated rings. The summed E-state index contributed by atoms with van der Waals surface area (Å²) in [7, 11) is 0. The van der Waals surface area contributed by atoms with Gasteiger partial charge in [-0.25, -0.2) is 9.18 Å². The molecule has 2 aromatic rings. The Bertz CT molecular complexity index is 1070. The molecule has 2 N–H and O–H groups in total. The molecule has 1 aliphatic rings. The van der Waals surface area contributed by atoms with Crippen LogP contribution in [0.5, 0.6) is 5.75 Å². The highest BCUT2D eigenvalue weighted by molar-refractivity contribution is 5.90. The third-order valence-electron chi connectivity index (χ3n) is 4.43. The van der Waals surface area contributed by atoms with E-state index in [1.165, 1.54) is 12.1 Å². The minimum Gasteiger partial charge on any atom is -0.488 e. The Morgan fingerprint density at radius 1 is 1.27 bits per heavy atom. The Balaban J connectivity index is 1.99. The summed E-state index contributed by atoms with van der Waals surface area (Å²) in [4.78, 5) is 22.9. The maximum Gasteiger partial charge on any atom is 0.412 e. The molecule has 0 spiro atoms. The van der Waals surface area contributed by atoms with Crippen LogP contribution in [0.15, 0.2) is 24.3 Å². The fourth-order valence-corrected chi connectivity index (χ4v) is 3.15. The summed E-state index contributed by atoms with van der Waals surface area (Å²) in [5, 5.41) is 20.8. The summed E-state index contributed by atoms with van der Waals surface area (Å²) in [6.45, 7) is 5.32. The van der Waals surface area contributed by atoms with Crippen molar-refractivity contribution < 1.29 is 28.6 Å². The van der Waals surface area contributed by atoms with E-state index >= 15 is 0 Å². The van der Waals surface area contributed by atoms with Crippen LogP contribution < -0.4 is 10.1 Å². The number of carbonyl (C=O) groups excluding carboxylic acids is 1. The number of carboxylic acids is 1. The fraction of sp³-hybridized carbons (Fsp3) is 0.318. The lowest BCUT2D eigenvalue weighted by molar-refractivity contribution is -0.136. The molecule has 0 radical (unpaired) electrons. The van der Waals surface area contributed by atoms with Crippen LogP contribution in [0.3, 0.4) is 0 Å². The zero-order chi connectivity index (χ0) is 22.1. The van der Waals surface area contributed by atoms with Gasteiger partial charge in [-0.1, -0.05) is 0 Å². The first kappa shape index (κ1) is 21.1. The molecule has 0 aromatic heterocycles. The number of nitrogens with one attached hydrogen (secondary N) is 1. The summed E-state index contributed by atoms with van der Waals surface area (Å²) in [6.07, 6.45) is -0.825. The highest BCUT2D eigenvalue weighted by Crippen LogP contribution is 2.41. The highest BCUT2D eigenvalue weighted by atomic mass is 19.1. The van der Waals surface area contributed by atoms with Crippen LogP contribution in [-0.2, 0) is 22.6 Å². The summed E-state index contributed by atoms with van der Waals surface area (Å²) in [5.74, 6) is -1.13. The number of anilines is 1. The molecule has 30 heavy (non-hydrogen) atoms. The lowest BCUT2D eigenvalue weighted by atomic mass is 9.92. The van der Waals surface area contributed by atoms with E-state index in [-0.39, 0.29) is 30.7 Å². The molecule has 3 rings (SSSR count). The number of aryl methyl sites for hydroxylation is 1. The van der Waals surface area contributed by atoms with Gasteiger partial charge in [-0.05, 0) is 62.1 Å². The van der Waals surface area contributed by atoms with Crippen LogP contribution in [0.1, 0.15) is 43.9 Å². The number of hydrogen-bond donors (Lipinski definition) is 2. The molecule has 2 aromatic carbocycles. The van der Waals surface area contributed by atoms with Crippen LogP contribution in [0, 0.1) is 17.1 Å². The Hall–Kier alpha value is -3.60. The summed E-state index contributed by atoms with van der Waals surface area (Å²) < 4.78 is 25.5. The SMILES string of the molecule is CC(C)(C)OC(=O)Nc1cc2c(cc1C#N)OCc1cc(CCC(=O)O)c(F)cc1-2. The number of carboxylic acid groups (broad SMARTS) is 1. The monoisotopic (exact) mass is 412 g/mol. The molecular formula is C22H21FN2O5. The molecule has 0 aliphatic carbocycles. The molecule has 1 amide bonds. The van der Waals surface area contributed by atoms with Gasteiger partial charge >= 0.3 is 12.1 Å².